The highest BCUT2D eigenvalue weighted by molar-refractivity contribution is 6.01. The lowest BCUT2D eigenvalue weighted by molar-refractivity contribution is 0.0697. The van der Waals surface area contributed by atoms with E-state index in [4.69, 9.17) is 10.5 Å². The van der Waals surface area contributed by atoms with Gasteiger partial charge in [0.15, 0.2) is 5.69 Å². The first-order valence-electron chi connectivity index (χ1n) is 5.17. The minimum absolute atomic E-state index is 0.0595. The van der Waals surface area contributed by atoms with Crippen LogP contribution in [0, 0.1) is 0 Å². The molecule has 8 nitrogen and oxygen atoms in total. The summed E-state index contributed by atoms with van der Waals surface area (Å²) in [5, 5.41) is 18.8. The largest absolute Gasteiger partial charge is 0.497 e. The maximum absolute atomic E-state index is 11.2. The molecular formula is C11H10N4O4. The first-order valence-corrected chi connectivity index (χ1v) is 5.17. The van der Waals surface area contributed by atoms with Gasteiger partial charge in [-0.15, -0.1) is 0 Å². The van der Waals surface area contributed by atoms with E-state index in [1.165, 1.54) is 19.2 Å². The third-order valence-corrected chi connectivity index (χ3v) is 2.49. The molecule has 0 radical (unpaired) electrons. The standard InChI is InChI=1S/C11H10N4O4/c1-19-5-2-3-6(7(4-5)11(17)18)8-9(10(12)16)14-15-13-8/h2-4H,1H3,(H2,12,16)(H,17,18)(H,13,14,15). The van der Waals surface area contributed by atoms with Gasteiger partial charge in [-0.2, -0.15) is 15.4 Å². The number of H-pyrrole nitrogens is 1. The Bertz CT molecular complexity index is 650. The van der Waals surface area contributed by atoms with Crippen molar-refractivity contribution in [3.05, 3.63) is 29.5 Å². The maximum Gasteiger partial charge on any atom is 0.336 e. The monoisotopic (exact) mass is 262 g/mol. The fourth-order valence-electron chi connectivity index (χ4n) is 1.62. The average Bonchev–Trinajstić information content (AvgIpc) is 2.87. The Morgan fingerprint density at radius 1 is 1.37 bits per heavy atom. The lowest BCUT2D eigenvalue weighted by Crippen LogP contribution is -2.13. The van der Waals surface area contributed by atoms with Gasteiger partial charge in [-0.05, 0) is 18.2 Å². The highest BCUT2D eigenvalue weighted by atomic mass is 16.5. The van der Waals surface area contributed by atoms with Crippen LogP contribution < -0.4 is 10.5 Å². The quantitative estimate of drug-likeness (QED) is 0.725. The molecule has 1 aromatic carbocycles. The van der Waals surface area contributed by atoms with Gasteiger partial charge in [0.05, 0.1) is 12.7 Å². The Labute approximate surface area is 107 Å². The zero-order chi connectivity index (χ0) is 14.0. The number of ether oxygens (including phenoxy) is 1. The Morgan fingerprint density at radius 2 is 2.11 bits per heavy atom. The first-order chi connectivity index (χ1) is 9.04. The third-order valence-electron chi connectivity index (χ3n) is 2.49. The van der Waals surface area contributed by atoms with Crippen LogP contribution >= 0.6 is 0 Å². The lowest BCUT2D eigenvalue weighted by atomic mass is 10.0. The van der Waals surface area contributed by atoms with Gasteiger partial charge in [0.1, 0.15) is 11.4 Å². The number of benzene rings is 1. The van der Waals surface area contributed by atoms with Crippen molar-refractivity contribution in [2.24, 2.45) is 5.73 Å². The number of nitrogens with two attached hydrogens (primary N) is 1. The van der Waals surface area contributed by atoms with Gasteiger partial charge in [0.25, 0.3) is 5.91 Å². The molecule has 4 N–H and O–H groups in total. The number of carbonyl (C=O) groups excluding carboxylic acids is 1. The number of hydrogen-bond acceptors (Lipinski definition) is 5. The Hall–Kier alpha value is -2.90. The van der Waals surface area contributed by atoms with E-state index in [1.54, 1.807) is 6.07 Å². The third kappa shape index (κ3) is 2.23. The van der Waals surface area contributed by atoms with Crippen LogP contribution in [0.4, 0.5) is 0 Å². The van der Waals surface area contributed by atoms with Crippen LogP contribution in [0.25, 0.3) is 11.3 Å². The number of carbonyl (C=O) groups is 2. The Kier molecular flexibility index (Phi) is 3.15. The molecule has 2 rings (SSSR count). The van der Waals surface area contributed by atoms with Gasteiger partial charge in [-0.25, -0.2) is 4.79 Å². The van der Waals surface area contributed by atoms with Crippen LogP contribution in [0.2, 0.25) is 0 Å². The number of nitrogens with zero attached hydrogens (tertiary/aromatic N) is 2. The molecule has 19 heavy (non-hydrogen) atoms. The predicted octanol–water partition coefficient (Wildman–Crippen LogP) is 0.277. The minimum atomic E-state index is -1.17. The lowest BCUT2D eigenvalue weighted by Gasteiger charge is -2.06. The van der Waals surface area contributed by atoms with Crippen molar-refractivity contribution in [2.75, 3.05) is 7.11 Å². The molecule has 0 unspecified atom stereocenters. The van der Waals surface area contributed by atoms with Gasteiger partial charge in [0, 0.05) is 5.56 Å². The van der Waals surface area contributed by atoms with E-state index in [-0.39, 0.29) is 22.5 Å². The van der Waals surface area contributed by atoms with Crippen molar-refractivity contribution in [1.82, 2.24) is 15.4 Å². The van der Waals surface area contributed by atoms with Gasteiger partial charge in [0.2, 0.25) is 0 Å². The highest BCUT2D eigenvalue weighted by Gasteiger charge is 2.21. The highest BCUT2D eigenvalue weighted by Crippen LogP contribution is 2.27. The molecule has 1 aromatic heterocycles. The molecule has 2 aromatic rings. The fourth-order valence-corrected chi connectivity index (χ4v) is 1.62. The number of carboxylic acid groups (broad SMARTS) is 1. The van der Waals surface area contributed by atoms with Crippen molar-refractivity contribution >= 4 is 11.9 Å². The van der Waals surface area contributed by atoms with E-state index < -0.39 is 11.9 Å². The number of methoxy groups -OCH3 is 1. The Balaban J connectivity index is 2.64. The van der Waals surface area contributed by atoms with Crippen molar-refractivity contribution < 1.29 is 19.4 Å². The second-order valence-electron chi connectivity index (χ2n) is 3.60. The molecule has 0 spiro atoms. The van der Waals surface area contributed by atoms with Crippen LogP contribution in [0.1, 0.15) is 20.8 Å². The number of aromatic nitrogens is 3. The molecule has 1 amide bonds. The van der Waals surface area contributed by atoms with E-state index in [9.17, 15) is 14.7 Å². The summed E-state index contributed by atoms with van der Waals surface area (Å²) in [6.07, 6.45) is 0. The molecule has 1 heterocycles. The summed E-state index contributed by atoms with van der Waals surface area (Å²) in [7, 11) is 1.42. The number of hydrogen-bond donors (Lipinski definition) is 3. The van der Waals surface area contributed by atoms with Crippen LogP contribution in [0.15, 0.2) is 18.2 Å². The minimum Gasteiger partial charge on any atom is -0.497 e. The zero-order valence-electron chi connectivity index (χ0n) is 9.88. The summed E-state index contributed by atoms with van der Waals surface area (Å²) >= 11 is 0. The SMILES string of the molecule is COc1ccc(-c2n[nH]nc2C(N)=O)c(C(=O)O)c1. The topological polar surface area (TPSA) is 131 Å². The smallest absolute Gasteiger partial charge is 0.336 e. The van der Waals surface area contributed by atoms with Gasteiger partial charge >= 0.3 is 5.97 Å². The molecule has 0 fully saturated rings. The normalized spacial score (nSPS) is 10.2. The Morgan fingerprint density at radius 3 is 2.68 bits per heavy atom. The number of aromatic amines is 1. The molecule has 0 saturated heterocycles. The van der Waals surface area contributed by atoms with Gasteiger partial charge in [-0.3, -0.25) is 4.79 Å². The summed E-state index contributed by atoms with van der Waals surface area (Å²) in [6.45, 7) is 0. The van der Waals surface area contributed by atoms with E-state index in [0.29, 0.717) is 5.75 Å². The molecule has 0 aliphatic heterocycles. The van der Waals surface area contributed by atoms with Crippen LogP contribution in [-0.4, -0.2) is 39.5 Å². The summed E-state index contributed by atoms with van der Waals surface area (Å²) in [4.78, 5) is 22.4. The summed E-state index contributed by atoms with van der Waals surface area (Å²) in [6, 6.07) is 4.37. The molecule has 8 heteroatoms. The van der Waals surface area contributed by atoms with Crippen LogP contribution in [0.3, 0.4) is 0 Å². The van der Waals surface area contributed by atoms with Crippen LogP contribution in [-0.2, 0) is 0 Å². The van der Waals surface area contributed by atoms with Crippen molar-refractivity contribution in [3.8, 4) is 17.0 Å². The van der Waals surface area contributed by atoms with Crippen molar-refractivity contribution in [1.29, 1.82) is 0 Å². The van der Waals surface area contributed by atoms with E-state index in [1.807, 2.05) is 0 Å². The molecule has 0 aliphatic carbocycles. The zero-order valence-corrected chi connectivity index (χ0v) is 9.88. The summed E-state index contributed by atoms with van der Waals surface area (Å²) in [5.74, 6) is -1.59. The maximum atomic E-state index is 11.2. The van der Waals surface area contributed by atoms with Gasteiger partial charge < -0.3 is 15.6 Å². The van der Waals surface area contributed by atoms with Crippen molar-refractivity contribution in [2.45, 2.75) is 0 Å². The van der Waals surface area contributed by atoms with Crippen molar-refractivity contribution in [3.63, 3.8) is 0 Å². The van der Waals surface area contributed by atoms with E-state index >= 15 is 0 Å². The number of carboxylic acids is 1. The van der Waals surface area contributed by atoms with Crippen LogP contribution in [0.5, 0.6) is 5.75 Å². The number of nitrogens with one attached hydrogen (secondary N) is 1. The second-order valence-corrected chi connectivity index (χ2v) is 3.60. The fraction of sp³-hybridized carbons (Fsp3) is 0.0909. The molecule has 0 bridgehead atoms. The summed E-state index contributed by atoms with van der Waals surface area (Å²) < 4.78 is 4.96. The predicted molar refractivity (Wildman–Crippen MR) is 63.8 cm³/mol. The molecular weight excluding hydrogens is 252 g/mol. The average molecular weight is 262 g/mol. The molecule has 0 atom stereocenters. The molecule has 98 valence electrons. The number of amides is 1. The number of rotatable bonds is 4. The number of primary amides is 1. The first kappa shape index (κ1) is 12.6. The van der Waals surface area contributed by atoms with Gasteiger partial charge in [-0.1, -0.05) is 0 Å². The van der Waals surface area contributed by atoms with E-state index in [2.05, 4.69) is 15.4 Å². The summed E-state index contributed by atoms with van der Waals surface area (Å²) in [5.41, 5.74) is 5.29. The van der Waals surface area contributed by atoms with E-state index in [0.717, 1.165) is 0 Å². The number of aromatic carboxylic acids is 1. The molecule has 0 aliphatic rings. The second kappa shape index (κ2) is 4.77. The molecule has 0 saturated carbocycles.